The lowest BCUT2D eigenvalue weighted by atomic mass is 9.95. The Morgan fingerprint density at radius 2 is 1.05 bits per heavy atom. The normalized spacial score (nSPS) is 11.9. The highest BCUT2D eigenvalue weighted by atomic mass is 32.1. The molecule has 0 saturated carbocycles. The Balaban J connectivity index is 1.09. The van der Waals surface area contributed by atoms with Crippen LogP contribution in [0.15, 0.2) is 179 Å². The van der Waals surface area contributed by atoms with Gasteiger partial charge in [0.1, 0.15) is 22.3 Å². The number of fused-ring (bicyclic) bond motifs is 9. The van der Waals surface area contributed by atoms with Gasteiger partial charge in [0, 0.05) is 76.4 Å². The van der Waals surface area contributed by atoms with Gasteiger partial charge in [0.25, 0.3) is 0 Å². The van der Waals surface area contributed by atoms with Crippen molar-refractivity contribution in [2.45, 2.75) is 0 Å². The largest absolute Gasteiger partial charge is 0.456 e. The molecule has 0 atom stereocenters. The van der Waals surface area contributed by atoms with Crippen LogP contribution in [-0.4, -0.2) is 19.9 Å². The summed E-state index contributed by atoms with van der Waals surface area (Å²) >= 11 is 1.81. The van der Waals surface area contributed by atoms with E-state index in [9.17, 15) is 0 Å². The maximum Gasteiger partial charge on any atom is 0.164 e. The van der Waals surface area contributed by atoms with Crippen molar-refractivity contribution in [2.24, 2.45) is 0 Å². The molecule has 12 rings (SSSR count). The Morgan fingerprint density at radius 3 is 1.89 bits per heavy atom. The van der Waals surface area contributed by atoms with E-state index in [1.54, 1.807) is 6.20 Å². The lowest BCUT2D eigenvalue weighted by Gasteiger charge is -2.12. The van der Waals surface area contributed by atoms with Gasteiger partial charge in [-0.3, -0.25) is 4.98 Å². The van der Waals surface area contributed by atoms with Crippen LogP contribution >= 0.6 is 11.3 Å². The number of aromatic nitrogens is 4. The Bertz CT molecular complexity index is 3530. The standard InChI is InChI=1S/C50H28N4O2S/c1-4-14-40-33(10-1)34-23-22-31(27-42(34)55-40)49-52-48(30-20-18-29(19-21-30)32-9-8-26-51-28-32)53-50(54-49)39-25-24-36(47-46(39)37-11-2-5-15-41(37)56-47)35-13-7-17-44-45(35)38-12-3-6-16-43(38)57-44/h1-28H. The van der Waals surface area contributed by atoms with Crippen molar-refractivity contribution < 1.29 is 8.83 Å². The molecule has 0 spiro atoms. The van der Waals surface area contributed by atoms with Crippen molar-refractivity contribution in [3.8, 4) is 56.4 Å². The molecule has 0 radical (unpaired) electrons. The maximum absolute atomic E-state index is 6.81. The fraction of sp³-hybridized carbons (Fsp3) is 0. The number of thiophene rings is 1. The molecular formula is C50H28N4O2S. The monoisotopic (exact) mass is 748 g/mol. The first-order valence-electron chi connectivity index (χ1n) is 18.8. The summed E-state index contributed by atoms with van der Waals surface area (Å²) in [5.74, 6) is 1.67. The molecule has 0 bridgehead atoms. The Kier molecular flexibility index (Phi) is 7.00. The van der Waals surface area contributed by atoms with Gasteiger partial charge >= 0.3 is 0 Å². The number of rotatable bonds is 5. The summed E-state index contributed by atoms with van der Waals surface area (Å²) in [6.07, 6.45) is 3.65. The predicted octanol–water partition coefficient (Wildman–Crippen LogP) is 13.8. The smallest absolute Gasteiger partial charge is 0.164 e. The van der Waals surface area contributed by atoms with Gasteiger partial charge in [0.05, 0.1) is 0 Å². The van der Waals surface area contributed by atoms with E-state index >= 15 is 0 Å². The van der Waals surface area contributed by atoms with E-state index in [4.69, 9.17) is 23.8 Å². The van der Waals surface area contributed by atoms with Crippen molar-refractivity contribution in [3.63, 3.8) is 0 Å². The molecule has 57 heavy (non-hydrogen) atoms. The fourth-order valence-electron chi connectivity index (χ4n) is 8.19. The summed E-state index contributed by atoms with van der Waals surface area (Å²) in [6, 6.07) is 54.2. The molecule has 5 heterocycles. The van der Waals surface area contributed by atoms with Gasteiger partial charge in [-0.05, 0) is 71.3 Å². The van der Waals surface area contributed by atoms with E-state index in [0.717, 1.165) is 82.8 Å². The third kappa shape index (κ3) is 5.10. The summed E-state index contributed by atoms with van der Waals surface area (Å²) in [5.41, 5.74) is 10.1. The zero-order valence-corrected chi connectivity index (χ0v) is 31.0. The predicted molar refractivity (Wildman–Crippen MR) is 232 cm³/mol. The second-order valence-electron chi connectivity index (χ2n) is 14.2. The van der Waals surface area contributed by atoms with Crippen LogP contribution in [-0.2, 0) is 0 Å². The van der Waals surface area contributed by atoms with Gasteiger partial charge < -0.3 is 8.83 Å². The average Bonchev–Trinajstić information content (AvgIpc) is 3.98. The molecule has 0 fully saturated rings. The topological polar surface area (TPSA) is 77.8 Å². The molecule has 0 N–H and O–H groups in total. The molecule has 5 aromatic heterocycles. The lowest BCUT2D eigenvalue weighted by molar-refractivity contribution is 0.669. The van der Waals surface area contributed by atoms with Crippen molar-refractivity contribution in [2.75, 3.05) is 0 Å². The molecule has 0 saturated heterocycles. The number of furan rings is 2. The number of nitrogens with zero attached hydrogens (tertiary/aromatic N) is 4. The minimum atomic E-state index is 0.549. The van der Waals surface area contributed by atoms with Crippen LogP contribution in [0.5, 0.6) is 0 Å². The first kappa shape index (κ1) is 31.8. The molecular weight excluding hydrogens is 721 g/mol. The minimum Gasteiger partial charge on any atom is -0.456 e. The highest BCUT2D eigenvalue weighted by Crippen LogP contribution is 2.46. The molecule has 0 aliphatic carbocycles. The third-order valence-electron chi connectivity index (χ3n) is 10.9. The second-order valence-corrected chi connectivity index (χ2v) is 15.3. The van der Waals surface area contributed by atoms with Gasteiger partial charge in [-0.2, -0.15) is 0 Å². The number of para-hydroxylation sites is 2. The van der Waals surface area contributed by atoms with E-state index in [0.29, 0.717) is 17.5 Å². The quantitative estimate of drug-likeness (QED) is 0.174. The Morgan fingerprint density at radius 1 is 0.386 bits per heavy atom. The van der Waals surface area contributed by atoms with E-state index in [1.165, 1.54) is 20.2 Å². The zero-order chi connectivity index (χ0) is 37.5. The Labute approximate surface area is 329 Å². The van der Waals surface area contributed by atoms with E-state index in [2.05, 4.69) is 120 Å². The van der Waals surface area contributed by atoms with Gasteiger partial charge in [-0.15, -0.1) is 11.3 Å². The SMILES string of the molecule is c1cncc(-c2ccc(-c3nc(-c4ccc5c(c4)oc4ccccc45)nc(-c4ccc(-c5cccc6sc7ccccc7c56)c5oc6ccccc6c45)n3)cc2)c1. The van der Waals surface area contributed by atoms with Crippen molar-refractivity contribution in [3.05, 3.63) is 170 Å². The summed E-state index contributed by atoms with van der Waals surface area (Å²) < 4.78 is 15.6. The van der Waals surface area contributed by atoms with Crippen LogP contribution in [0, 0.1) is 0 Å². The van der Waals surface area contributed by atoms with Crippen molar-refractivity contribution in [1.29, 1.82) is 0 Å². The third-order valence-corrected chi connectivity index (χ3v) is 12.0. The molecule has 12 aromatic rings. The van der Waals surface area contributed by atoms with Gasteiger partial charge in [0.15, 0.2) is 17.5 Å². The van der Waals surface area contributed by atoms with Crippen LogP contribution in [0.4, 0.5) is 0 Å². The summed E-state index contributed by atoms with van der Waals surface area (Å²) in [6.45, 7) is 0. The minimum absolute atomic E-state index is 0.549. The second kappa shape index (κ2) is 12.5. The van der Waals surface area contributed by atoms with Crippen molar-refractivity contribution >= 4 is 75.4 Å². The van der Waals surface area contributed by atoms with Gasteiger partial charge in [-0.25, -0.2) is 15.0 Å². The molecule has 0 aliphatic rings. The molecule has 7 aromatic carbocycles. The van der Waals surface area contributed by atoms with Gasteiger partial charge in [0.2, 0.25) is 0 Å². The molecule has 6 nitrogen and oxygen atoms in total. The van der Waals surface area contributed by atoms with E-state index < -0.39 is 0 Å². The lowest BCUT2D eigenvalue weighted by Crippen LogP contribution is -2.00. The number of hydrogen-bond acceptors (Lipinski definition) is 7. The van der Waals surface area contributed by atoms with Crippen molar-refractivity contribution in [1.82, 2.24) is 19.9 Å². The molecule has 0 amide bonds. The molecule has 0 aliphatic heterocycles. The first-order chi connectivity index (χ1) is 28.2. The summed E-state index contributed by atoms with van der Waals surface area (Å²) in [7, 11) is 0. The van der Waals surface area contributed by atoms with E-state index in [1.807, 2.05) is 60.0 Å². The first-order valence-corrected chi connectivity index (χ1v) is 19.6. The van der Waals surface area contributed by atoms with Crippen LogP contribution < -0.4 is 0 Å². The zero-order valence-electron chi connectivity index (χ0n) is 30.2. The molecule has 0 unspecified atom stereocenters. The number of hydrogen-bond donors (Lipinski definition) is 0. The highest BCUT2D eigenvalue weighted by Gasteiger charge is 2.23. The number of benzene rings is 7. The fourth-order valence-corrected chi connectivity index (χ4v) is 9.32. The Hall–Kier alpha value is -7.48. The van der Waals surface area contributed by atoms with Crippen LogP contribution in [0.2, 0.25) is 0 Å². The van der Waals surface area contributed by atoms with Crippen LogP contribution in [0.1, 0.15) is 0 Å². The van der Waals surface area contributed by atoms with E-state index in [-0.39, 0.29) is 0 Å². The molecule has 7 heteroatoms. The van der Waals surface area contributed by atoms with Crippen LogP contribution in [0.25, 0.3) is 120 Å². The highest BCUT2D eigenvalue weighted by molar-refractivity contribution is 7.25. The van der Waals surface area contributed by atoms with Gasteiger partial charge in [-0.1, -0.05) is 103 Å². The van der Waals surface area contributed by atoms with Crippen LogP contribution in [0.3, 0.4) is 0 Å². The number of pyridine rings is 1. The summed E-state index contributed by atoms with van der Waals surface area (Å²) in [5, 5.41) is 6.55. The average molecular weight is 749 g/mol. The summed E-state index contributed by atoms with van der Waals surface area (Å²) in [4.78, 5) is 19.9. The molecule has 266 valence electrons. The maximum atomic E-state index is 6.81.